The number of aromatic carboxylic acids is 1. The van der Waals surface area contributed by atoms with Crippen LogP contribution >= 0.6 is 27.5 Å². The zero-order chi connectivity index (χ0) is 10.3. The topological polar surface area (TPSA) is 41.7 Å². The summed E-state index contributed by atoms with van der Waals surface area (Å²) in [4.78, 5) is 10.7. The van der Waals surface area contributed by atoms with E-state index in [-0.39, 0.29) is 5.56 Å². The number of nitrogens with zero attached hydrogens (tertiary/aromatic N) is 1. The van der Waals surface area contributed by atoms with Crippen molar-refractivity contribution < 1.29 is 9.90 Å². The molecule has 0 unspecified atom stereocenters. The quantitative estimate of drug-likeness (QED) is 0.812. The van der Waals surface area contributed by atoms with E-state index in [0.29, 0.717) is 10.5 Å². The lowest BCUT2D eigenvalue weighted by Crippen LogP contribution is -1.92. The maximum absolute atomic E-state index is 10.7. The Kier molecular flexibility index (Phi) is 2.25. The van der Waals surface area contributed by atoms with Gasteiger partial charge < -0.3 is 9.51 Å². The molecule has 3 nitrogen and oxygen atoms in total. The molecule has 0 saturated heterocycles. The first-order valence-electron chi connectivity index (χ1n) is 3.79. The van der Waals surface area contributed by atoms with Gasteiger partial charge >= 0.3 is 5.97 Å². The van der Waals surface area contributed by atoms with Gasteiger partial charge in [-0.3, -0.25) is 0 Å². The van der Waals surface area contributed by atoms with E-state index >= 15 is 0 Å². The molecular weight excluding hydrogens is 269 g/mol. The Balaban J connectivity index is 2.82. The van der Waals surface area contributed by atoms with Gasteiger partial charge in [0.2, 0.25) is 0 Å². The molecule has 14 heavy (non-hydrogen) atoms. The van der Waals surface area contributed by atoms with Crippen molar-refractivity contribution in [1.29, 1.82) is 0 Å². The Morgan fingerprint density at radius 2 is 2.21 bits per heavy atom. The summed E-state index contributed by atoms with van der Waals surface area (Å²) in [5.74, 6) is -0.961. The van der Waals surface area contributed by atoms with E-state index < -0.39 is 5.97 Å². The van der Waals surface area contributed by atoms with Crippen LogP contribution in [0.2, 0.25) is 5.02 Å². The molecule has 2 heterocycles. The van der Waals surface area contributed by atoms with Gasteiger partial charge in [0, 0.05) is 6.20 Å². The zero-order valence-electron chi connectivity index (χ0n) is 6.87. The van der Waals surface area contributed by atoms with Crippen LogP contribution in [-0.2, 0) is 0 Å². The van der Waals surface area contributed by atoms with E-state index in [1.807, 2.05) is 0 Å². The number of pyridine rings is 1. The van der Waals surface area contributed by atoms with Crippen molar-refractivity contribution in [1.82, 2.24) is 4.40 Å². The Bertz CT molecular complexity index is 482. The maximum Gasteiger partial charge on any atom is 0.337 e. The van der Waals surface area contributed by atoms with Crippen LogP contribution in [-0.4, -0.2) is 15.5 Å². The largest absolute Gasteiger partial charge is 0.478 e. The van der Waals surface area contributed by atoms with Crippen LogP contribution in [0.5, 0.6) is 0 Å². The number of hydrogen-bond acceptors (Lipinski definition) is 1. The van der Waals surface area contributed by atoms with E-state index in [4.69, 9.17) is 16.7 Å². The van der Waals surface area contributed by atoms with E-state index in [0.717, 1.165) is 4.60 Å². The predicted octanol–water partition coefficient (Wildman–Crippen LogP) is 3.05. The fourth-order valence-electron chi connectivity index (χ4n) is 1.25. The minimum absolute atomic E-state index is 0.221. The summed E-state index contributed by atoms with van der Waals surface area (Å²) in [6, 6.07) is 5.02. The van der Waals surface area contributed by atoms with Gasteiger partial charge in [-0.05, 0) is 34.1 Å². The van der Waals surface area contributed by atoms with Gasteiger partial charge in [-0.25, -0.2) is 4.79 Å². The minimum atomic E-state index is -0.961. The van der Waals surface area contributed by atoms with Gasteiger partial charge in [0.05, 0.1) is 20.7 Å². The monoisotopic (exact) mass is 273 g/mol. The SMILES string of the molecule is O=C(O)c1cc2c(Cl)ccc(Br)n2c1. The number of aromatic nitrogens is 1. The highest BCUT2D eigenvalue weighted by Crippen LogP contribution is 2.24. The summed E-state index contributed by atoms with van der Waals surface area (Å²) in [5, 5.41) is 9.32. The second kappa shape index (κ2) is 3.29. The molecule has 2 aromatic rings. The average molecular weight is 275 g/mol. The molecular formula is C9H5BrClNO2. The minimum Gasteiger partial charge on any atom is -0.478 e. The molecule has 0 aromatic carbocycles. The molecule has 5 heteroatoms. The number of fused-ring (bicyclic) bond motifs is 1. The van der Waals surface area contributed by atoms with Crippen molar-refractivity contribution in [2.45, 2.75) is 0 Å². The van der Waals surface area contributed by atoms with Gasteiger partial charge in [0.25, 0.3) is 0 Å². The summed E-state index contributed by atoms with van der Waals surface area (Å²) < 4.78 is 2.45. The third-order valence-electron chi connectivity index (χ3n) is 1.91. The fraction of sp³-hybridized carbons (Fsp3) is 0. The molecule has 0 radical (unpaired) electrons. The first-order valence-corrected chi connectivity index (χ1v) is 4.96. The van der Waals surface area contributed by atoms with Gasteiger partial charge in [0.15, 0.2) is 0 Å². The smallest absolute Gasteiger partial charge is 0.337 e. The Morgan fingerprint density at radius 3 is 2.79 bits per heavy atom. The van der Waals surface area contributed by atoms with Crippen LogP contribution in [0.3, 0.4) is 0 Å². The van der Waals surface area contributed by atoms with E-state index in [9.17, 15) is 4.79 Å². The Morgan fingerprint density at radius 1 is 1.50 bits per heavy atom. The normalized spacial score (nSPS) is 10.7. The molecule has 0 aliphatic carbocycles. The number of carboxylic acid groups (broad SMARTS) is 1. The standard InChI is InChI=1S/C9H5BrClNO2/c10-8-2-1-6(11)7-3-5(9(13)14)4-12(7)8/h1-4H,(H,13,14). The van der Waals surface area contributed by atoms with Crippen molar-refractivity contribution in [3.8, 4) is 0 Å². The van der Waals surface area contributed by atoms with Crippen molar-refractivity contribution in [3.63, 3.8) is 0 Å². The molecule has 0 aliphatic rings. The first-order chi connectivity index (χ1) is 6.59. The maximum atomic E-state index is 10.7. The first kappa shape index (κ1) is 9.55. The molecule has 0 bridgehead atoms. The number of halogens is 2. The van der Waals surface area contributed by atoms with Gasteiger partial charge in [-0.15, -0.1) is 0 Å². The van der Waals surface area contributed by atoms with Gasteiger partial charge in [-0.1, -0.05) is 11.6 Å². The second-order valence-electron chi connectivity index (χ2n) is 2.79. The molecule has 72 valence electrons. The van der Waals surface area contributed by atoms with Crippen LogP contribution in [0, 0.1) is 0 Å². The summed E-state index contributed by atoms with van der Waals surface area (Å²) in [5.41, 5.74) is 0.900. The van der Waals surface area contributed by atoms with E-state index in [2.05, 4.69) is 15.9 Å². The molecule has 1 N–H and O–H groups in total. The summed E-state index contributed by atoms with van der Waals surface area (Å²) in [7, 11) is 0. The van der Waals surface area contributed by atoms with Crippen LogP contribution < -0.4 is 0 Å². The van der Waals surface area contributed by atoms with Gasteiger partial charge in [-0.2, -0.15) is 0 Å². The Labute approximate surface area is 93.0 Å². The van der Waals surface area contributed by atoms with Crippen molar-refractivity contribution in [2.24, 2.45) is 0 Å². The van der Waals surface area contributed by atoms with Crippen LogP contribution in [0.1, 0.15) is 10.4 Å². The van der Waals surface area contributed by atoms with Crippen molar-refractivity contribution >= 4 is 39.0 Å². The predicted molar refractivity (Wildman–Crippen MR) is 57.1 cm³/mol. The van der Waals surface area contributed by atoms with E-state index in [1.165, 1.54) is 12.3 Å². The number of rotatable bonds is 1. The van der Waals surface area contributed by atoms with Crippen molar-refractivity contribution in [2.75, 3.05) is 0 Å². The molecule has 2 aromatic heterocycles. The van der Waals surface area contributed by atoms with Crippen LogP contribution in [0.4, 0.5) is 0 Å². The Hall–Kier alpha value is -1.000. The van der Waals surface area contributed by atoms with Crippen molar-refractivity contribution in [3.05, 3.63) is 39.6 Å². The highest BCUT2D eigenvalue weighted by molar-refractivity contribution is 9.10. The lowest BCUT2D eigenvalue weighted by Gasteiger charge is -1.99. The molecule has 0 amide bonds. The summed E-state index contributed by atoms with van der Waals surface area (Å²) in [6.07, 6.45) is 1.52. The second-order valence-corrected chi connectivity index (χ2v) is 4.01. The molecule has 0 atom stereocenters. The lowest BCUT2D eigenvalue weighted by molar-refractivity contribution is 0.0697. The number of hydrogen-bond donors (Lipinski definition) is 1. The third-order valence-corrected chi connectivity index (χ3v) is 2.87. The highest BCUT2D eigenvalue weighted by Gasteiger charge is 2.10. The highest BCUT2D eigenvalue weighted by atomic mass is 79.9. The third kappa shape index (κ3) is 1.40. The van der Waals surface area contributed by atoms with Crippen LogP contribution in [0.25, 0.3) is 5.52 Å². The molecule has 0 spiro atoms. The molecule has 0 fully saturated rings. The lowest BCUT2D eigenvalue weighted by atomic mass is 10.3. The summed E-state index contributed by atoms with van der Waals surface area (Å²) >= 11 is 9.22. The zero-order valence-corrected chi connectivity index (χ0v) is 9.21. The summed E-state index contributed by atoms with van der Waals surface area (Å²) in [6.45, 7) is 0. The fourth-order valence-corrected chi connectivity index (χ4v) is 1.88. The average Bonchev–Trinajstić information content (AvgIpc) is 2.57. The molecule has 0 aliphatic heterocycles. The number of carboxylic acids is 1. The van der Waals surface area contributed by atoms with Crippen LogP contribution in [0.15, 0.2) is 29.0 Å². The molecule has 0 saturated carbocycles. The van der Waals surface area contributed by atoms with Gasteiger partial charge in [0.1, 0.15) is 0 Å². The van der Waals surface area contributed by atoms with E-state index in [1.54, 1.807) is 16.5 Å². The number of carbonyl (C=O) groups is 1. The molecule has 2 rings (SSSR count).